The Kier molecular flexibility index (Phi) is 5.08. The van der Waals surface area contributed by atoms with Crippen LogP contribution in [-0.4, -0.2) is 44.0 Å². The number of rotatable bonds is 4. The fraction of sp³-hybridized carbons (Fsp3) is 0.900. The van der Waals surface area contributed by atoms with E-state index in [1.54, 1.807) is 0 Å². The van der Waals surface area contributed by atoms with E-state index in [-0.39, 0.29) is 11.3 Å². The van der Waals surface area contributed by atoms with Crippen LogP contribution in [0.25, 0.3) is 0 Å². The van der Waals surface area contributed by atoms with Crippen LogP contribution in [0.1, 0.15) is 20.8 Å². The van der Waals surface area contributed by atoms with Crippen molar-refractivity contribution < 1.29 is 4.79 Å². The molecule has 14 heavy (non-hydrogen) atoms. The predicted octanol–water partition coefficient (Wildman–Crippen LogP) is 0.0376. The first-order valence-electron chi connectivity index (χ1n) is 4.93. The summed E-state index contributed by atoms with van der Waals surface area (Å²) >= 11 is 0. The van der Waals surface area contributed by atoms with Crippen LogP contribution >= 0.6 is 0 Å². The molecule has 0 aliphatic heterocycles. The van der Waals surface area contributed by atoms with Gasteiger partial charge in [-0.05, 0) is 19.5 Å². The Morgan fingerprint density at radius 1 is 1.43 bits per heavy atom. The Morgan fingerprint density at radius 2 is 1.93 bits per heavy atom. The largest absolute Gasteiger partial charge is 0.353 e. The minimum absolute atomic E-state index is 0.0700. The molecule has 3 N–H and O–H groups in total. The summed E-state index contributed by atoms with van der Waals surface area (Å²) in [5.41, 5.74) is 5.61. The van der Waals surface area contributed by atoms with E-state index in [1.165, 1.54) is 0 Å². The van der Waals surface area contributed by atoms with Crippen molar-refractivity contribution in [1.29, 1.82) is 0 Å². The lowest BCUT2D eigenvalue weighted by molar-refractivity contribution is -0.124. The Morgan fingerprint density at radius 3 is 2.29 bits per heavy atom. The average molecular weight is 201 g/mol. The Labute approximate surface area is 86.8 Å². The van der Waals surface area contributed by atoms with Gasteiger partial charge in [-0.15, -0.1) is 0 Å². The quantitative estimate of drug-likeness (QED) is 0.675. The Hall–Kier alpha value is -0.610. The third-order valence-electron chi connectivity index (χ3n) is 2.07. The molecule has 0 saturated heterocycles. The van der Waals surface area contributed by atoms with E-state index in [0.29, 0.717) is 6.54 Å². The zero-order valence-electron chi connectivity index (χ0n) is 9.92. The zero-order chi connectivity index (χ0) is 11.4. The molecule has 0 rings (SSSR count). The molecule has 0 aliphatic rings. The van der Waals surface area contributed by atoms with Gasteiger partial charge in [-0.2, -0.15) is 0 Å². The standard InChI is InChI=1S/C10H23N3O/c1-10(2,3)8(11)9(14)12-6-7-13(4)5/h8H,6-7,11H2,1-5H3,(H,12,14)/t8-/m1/s1. The van der Waals surface area contributed by atoms with Gasteiger partial charge in [0.15, 0.2) is 0 Å². The molecule has 1 amide bonds. The van der Waals surface area contributed by atoms with Crippen LogP contribution in [0.2, 0.25) is 0 Å². The second kappa shape index (κ2) is 5.32. The van der Waals surface area contributed by atoms with E-state index in [1.807, 2.05) is 39.8 Å². The minimum atomic E-state index is -0.440. The monoisotopic (exact) mass is 201 g/mol. The zero-order valence-corrected chi connectivity index (χ0v) is 9.92. The molecule has 0 aromatic carbocycles. The van der Waals surface area contributed by atoms with E-state index in [9.17, 15) is 4.79 Å². The number of carbonyl (C=O) groups excluding carboxylic acids is 1. The number of nitrogens with zero attached hydrogens (tertiary/aromatic N) is 1. The summed E-state index contributed by atoms with van der Waals surface area (Å²) in [4.78, 5) is 13.5. The maximum atomic E-state index is 11.5. The van der Waals surface area contributed by atoms with Gasteiger partial charge < -0.3 is 16.0 Å². The first-order valence-corrected chi connectivity index (χ1v) is 4.93. The third-order valence-corrected chi connectivity index (χ3v) is 2.07. The first-order chi connectivity index (χ1) is 6.25. The number of nitrogens with one attached hydrogen (secondary N) is 1. The second-order valence-corrected chi connectivity index (χ2v) is 4.94. The fourth-order valence-corrected chi connectivity index (χ4v) is 0.906. The van der Waals surface area contributed by atoms with Gasteiger partial charge in [0.2, 0.25) is 5.91 Å². The van der Waals surface area contributed by atoms with E-state index in [0.717, 1.165) is 6.54 Å². The maximum absolute atomic E-state index is 11.5. The summed E-state index contributed by atoms with van der Waals surface area (Å²) in [5.74, 6) is -0.0700. The van der Waals surface area contributed by atoms with E-state index < -0.39 is 6.04 Å². The molecular weight excluding hydrogens is 178 g/mol. The SMILES string of the molecule is CN(C)CCNC(=O)[C@@H](N)C(C)(C)C. The van der Waals surface area contributed by atoms with Crippen molar-refractivity contribution in [2.24, 2.45) is 11.1 Å². The summed E-state index contributed by atoms with van der Waals surface area (Å²) < 4.78 is 0. The molecule has 4 heteroatoms. The number of amides is 1. The van der Waals surface area contributed by atoms with Crippen molar-refractivity contribution in [2.45, 2.75) is 26.8 Å². The summed E-state index contributed by atoms with van der Waals surface area (Å²) in [7, 11) is 3.94. The molecule has 1 atom stereocenters. The highest BCUT2D eigenvalue weighted by molar-refractivity contribution is 5.82. The molecule has 0 fully saturated rings. The van der Waals surface area contributed by atoms with Gasteiger partial charge in [0.05, 0.1) is 6.04 Å². The Balaban J connectivity index is 3.86. The second-order valence-electron chi connectivity index (χ2n) is 4.94. The Bertz CT molecular complexity index is 184. The van der Waals surface area contributed by atoms with Crippen molar-refractivity contribution in [3.63, 3.8) is 0 Å². The lowest BCUT2D eigenvalue weighted by Crippen LogP contribution is -2.49. The molecule has 84 valence electrons. The van der Waals surface area contributed by atoms with Crippen molar-refractivity contribution in [1.82, 2.24) is 10.2 Å². The van der Waals surface area contributed by atoms with Crippen molar-refractivity contribution in [2.75, 3.05) is 27.2 Å². The summed E-state index contributed by atoms with van der Waals surface area (Å²) in [6.45, 7) is 7.37. The van der Waals surface area contributed by atoms with Gasteiger partial charge in [0, 0.05) is 13.1 Å². The number of nitrogens with two attached hydrogens (primary N) is 1. The molecule has 0 aromatic rings. The fourth-order valence-electron chi connectivity index (χ4n) is 0.906. The molecule has 4 nitrogen and oxygen atoms in total. The van der Waals surface area contributed by atoms with Crippen molar-refractivity contribution >= 4 is 5.91 Å². The summed E-state index contributed by atoms with van der Waals surface area (Å²) in [6, 6.07) is -0.440. The molecule has 0 heterocycles. The van der Waals surface area contributed by atoms with Gasteiger partial charge in [-0.3, -0.25) is 4.79 Å². The minimum Gasteiger partial charge on any atom is -0.353 e. The molecule has 0 radical (unpaired) electrons. The maximum Gasteiger partial charge on any atom is 0.237 e. The van der Waals surface area contributed by atoms with Gasteiger partial charge in [0.25, 0.3) is 0 Å². The van der Waals surface area contributed by atoms with Crippen molar-refractivity contribution in [3.05, 3.63) is 0 Å². The lowest BCUT2D eigenvalue weighted by Gasteiger charge is -2.26. The van der Waals surface area contributed by atoms with Crippen molar-refractivity contribution in [3.8, 4) is 0 Å². The number of likely N-dealkylation sites (N-methyl/N-ethyl adjacent to an activating group) is 1. The van der Waals surface area contributed by atoms with Crippen LogP contribution in [0, 0.1) is 5.41 Å². The highest BCUT2D eigenvalue weighted by atomic mass is 16.2. The lowest BCUT2D eigenvalue weighted by atomic mass is 9.87. The highest BCUT2D eigenvalue weighted by Crippen LogP contribution is 2.16. The molecule has 0 aliphatic carbocycles. The van der Waals surface area contributed by atoms with Gasteiger partial charge in [0.1, 0.15) is 0 Å². The molecular formula is C10H23N3O. The van der Waals surface area contributed by atoms with Crippen LogP contribution in [0.15, 0.2) is 0 Å². The number of carbonyl (C=O) groups is 1. The topological polar surface area (TPSA) is 58.4 Å². The average Bonchev–Trinajstić information content (AvgIpc) is 2.00. The van der Waals surface area contributed by atoms with Gasteiger partial charge >= 0.3 is 0 Å². The van der Waals surface area contributed by atoms with E-state index >= 15 is 0 Å². The highest BCUT2D eigenvalue weighted by Gasteiger charge is 2.26. The molecule has 0 bridgehead atoms. The van der Waals surface area contributed by atoms with Crippen LogP contribution in [-0.2, 0) is 4.79 Å². The van der Waals surface area contributed by atoms with E-state index in [2.05, 4.69) is 5.32 Å². The smallest absolute Gasteiger partial charge is 0.237 e. The summed E-state index contributed by atoms with van der Waals surface area (Å²) in [6.07, 6.45) is 0. The molecule has 0 unspecified atom stereocenters. The third kappa shape index (κ3) is 5.19. The van der Waals surface area contributed by atoms with Gasteiger partial charge in [-0.25, -0.2) is 0 Å². The number of hydrogen-bond acceptors (Lipinski definition) is 3. The van der Waals surface area contributed by atoms with E-state index in [4.69, 9.17) is 5.73 Å². The molecule has 0 saturated carbocycles. The van der Waals surface area contributed by atoms with Crippen LogP contribution in [0.3, 0.4) is 0 Å². The molecule has 0 spiro atoms. The van der Waals surface area contributed by atoms with Crippen LogP contribution in [0.4, 0.5) is 0 Å². The number of hydrogen-bond donors (Lipinski definition) is 2. The normalized spacial score (nSPS) is 14.2. The summed E-state index contributed by atoms with van der Waals surface area (Å²) in [5, 5.41) is 2.81. The van der Waals surface area contributed by atoms with Crippen LogP contribution in [0.5, 0.6) is 0 Å². The first kappa shape index (κ1) is 13.4. The van der Waals surface area contributed by atoms with Crippen LogP contribution < -0.4 is 11.1 Å². The molecule has 0 aromatic heterocycles. The predicted molar refractivity (Wildman–Crippen MR) is 59.0 cm³/mol. The van der Waals surface area contributed by atoms with Gasteiger partial charge in [-0.1, -0.05) is 20.8 Å².